The minimum Gasteiger partial charge on any atom is -0.508 e. The number of hydrogen-bond acceptors (Lipinski definition) is 10. The summed E-state index contributed by atoms with van der Waals surface area (Å²) in [4.78, 5) is 40.9. The number of benzene rings is 2. The van der Waals surface area contributed by atoms with Gasteiger partial charge in [0.25, 0.3) is 11.4 Å². The molecule has 12 nitrogen and oxygen atoms in total. The van der Waals surface area contributed by atoms with E-state index < -0.39 is 28.7 Å². The van der Waals surface area contributed by atoms with Crippen molar-refractivity contribution in [3.8, 4) is 22.6 Å². The molecule has 0 spiro atoms. The number of nitrogens with zero attached hydrogens (tertiary/aromatic N) is 7. The molecule has 2 fully saturated rings. The molecule has 4 heterocycles. The monoisotopic (exact) mass is 710 g/mol. The van der Waals surface area contributed by atoms with Crippen molar-refractivity contribution in [2.24, 2.45) is 4.99 Å². The van der Waals surface area contributed by atoms with E-state index in [1.54, 1.807) is 29.2 Å². The van der Waals surface area contributed by atoms with Gasteiger partial charge in [0.15, 0.2) is 11.8 Å². The highest BCUT2D eigenvalue weighted by molar-refractivity contribution is 5.98. The first-order chi connectivity index (χ1) is 25.0. The zero-order chi connectivity index (χ0) is 36.1. The average molecular weight is 711 g/mol. The van der Waals surface area contributed by atoms with Crippen molar-refractivity contribution in [1.82, 2.24) is 34.4 Å². The fourth-order valence-corrected chi connectivity index (χ4v) is 7.64. The van der Waals surface area contributed by atoms with Crippen LogP contribution in [0.3, 0.4) is 0 Å². The molecule has 0 unspecified atom stereocenters. The van der Waals surface area contributed by atoms with Crippen LogP contribution in [-0.2, 0) is 6.54 Å². The quantitative estimate of drug-likeness (QED) is 0.165. The molecule has 3 N–H and O–H groups in total. The number of phenols is 1. The number of aliphatic imine (C=N–C) groups is 1. The SMILES string of the molecule is CN(Cc1cc(O)ccc1-c1cccc(-n2c(=O)n(C3CCC(NCC4=C[N+]5CN(F)C=CC5=N4)CC3)c(=O)c3cc(F)cnc32)c1)CC1(O)CC1. The van der Waals surface area contributed by atoms with E-state index >= 15 is 0 Å². The van der Waals surface area contributed by atoms with Crippen LogP contribution in [0.15, 0.2) is 93.5 Å². The number of rotatable bonds is 10. The standard InChI is InChI=1S/C38H40F2N8O4/c1-44(22-38(52)12-13-38)20-25-16-31(49)9-10-32(25)24-3-2-4-30(15-24)47-35-33(17-26(39)18-42-35)36(50)48(37(47)51)29-7-5-27(6-8-29)41-19-28-21-45-23-46(40)14-11-34(45)43-28/h2-4,9-11,14-18,21,27,29,41,49,52H,5-8,12-13,19-20,22-23H2,1H3/q+1. The average Bonchev–Trinajstić information content (AvgIpc) is 3.70. The second kappa shape index (κ2) is 13.5. The van der Waals surface area contributed by atoms with Crippen molar-refractivity contribution in [2.45, 2.75) is 62.8 Å². The number of aromatic nitrogens is 3. The summed E-state index contributed by atoms with van der Waals surface area (Å²) in [5.74, 6) is 0.136. The van der Waals surface area contributed by atoms with E-state index in [2.05, 4.69) is 15.3 Å². The normalized spacial score (nSPS) is 21.1. The molecule has 4 aliphatic rings. The number of hydrogen-bond donors (Lipinski definition) is 3. The predicted octanol–water partition coefficient (Wildman–Crippen LogP) is 4.15. The van der Waals surface area contributed by atoms with E-state index in [1.807, 2.05) is 42.4 Å². The van der Waals surface area contributed by atoms with Gasteiger partial charge >= 0.3 is 5.69 Å². The lowest BCUT2D eigenvalue weighted by atomic mass is 9.91. The summed E-state index contributed by atoms with van der Waals surface area (Å²) in [5.41, 5.74) is 1.98. The zero-order valence-corrected chi connectivity index (χ0v) is 28.8. The van der Waals surface area contributed by atoms with E-state index in [4.69, 9.17) is 0 Å². The van der Waals surface area contributed by atoms with E-state index in [9.17, 15) is 28.7 Å². The van der Waals surface area contributed by atoms with Gasteiger partial charge in [-0.15, -0.1) is 0 Å². The van der Waals surface area contributed by atoms with Crippen LogP contribution in [0.1, 0.15) is 50.1 Å². The topological polar surface area (TPSA) is 134 Å². The van der Waals surface area contributed by atoms with Gasteiger partial charge in [-0.1, -0.05) is 27.6 Å². The Bertz CT molecular complexity index is 2250. The summed E-state index contributed by atoms with van der Waals surface area (Å²) < 4.78 is 30.8. The molecule has 269 valence electrons. The Morgan fingerprint density at radius 2 is 1.90 bits per heavy atom. The van der Waals surface area contributed by atoms with Crippen molar-refractivity contribution >= 4 is 16.9 Å². The zero-order valence-electron chi connectivity index (χ0n) is 28.8. The second-order valence-electron chi connectivity index (χ2n) is 14.4. The Morgan fingerprint density at radius 3 is 2.69 bits per heavy atom. The highest BCUT2D eigenvalue weighted by Crippen LogP contribution is 2.37. The minimum absolute atomic E-state index is 0.0138. The van der Waals surface area contributed by atoms with Gasteiger partial charge < -0.3 is 15.5 Å². The van der Waals surface area contributed by atoms with Gasteiger partial charge in [-0.05, 0) is 92.6 Å². The van der Waals surface area contributed by atoms with E-state index in [1.165, 1.54) is 15.3 Å². The lowest BCUT2D eigenvalue weighted by Crippen LogP contribution is -2.44. The van der Waals surface area contributed by atoms with Crippen LogP contribution in [0.2, 0.25) is 0 Å². The number of likely N-dealkylation sites (N-methyl/N-ethyl adjacent to an activating group) is 1. The van der Waals surface area contributed by atoms with Crippen molar-refractivity contribution in [1.29, 1.82) is 0 Å². The number of halogens is 2. The van der Waals surface area contributed by atoms with Gasteiger partial charge in [-0.2, -0.15) is 10.1 Å². The molecule has 2 aliphatic heterocycles. The predicted molar refractivity (Wildman–Crippen MR) is 193 cm³/mol. The van der Waals surface area contributed by atoms with E-state index in [0.717, 1.165) is 47.5 Å². The summed E-state index contributed by atoms with van der Waals surface area (Å²) in [6.45, 7) is 1.57. The number of amidine groups is 1. The van der Waals surface area contributed by atoms with Gasteiger partial charge in [0.05, 0.1) is 22.9 Å². The molecule has 0 saturated heterocycles. The Hall–Kier alpha value is -5.02. The fraction of sp³-hybridized carbons (Fsp3) is 0.368. The number of nitrogens with one attached hydrogen (secondary N) is 1. The molecular weight excluding hydrogens is 670 g/mol. The van der Waals surface area contributed by atoms with Crippen LogP contribution in [0, 0.1) is 5.82 Å². The maximum atomic E-state index is 14.6. The fourth-order valence-electron chi connectivity index (χ4n) is 7.64. The lowest BCUT2D eigenvalue weighted by Gasteiger charge is -2.30. The first kappa shape index (κ1) is 34.1. The summed E-state index contributed by atoms with van der Waals surface area (Å²) in [6.07, 6.45) is 9.84. The maximum Gasteiger partial charge on any atom is 0.337 e. The highest BCUT2D eigenvalue weighted by Gasteiger charge is 2.41. The molecule has 52 heavy (non-hydrogen) atoms. The minimum atomic E-state index is -0.674. The lowest BCUT2D eigenvalue weighted by molar-refractivity contribution is 0.0711. The van der Waals surface area contributed by atoms with E-state index in [0.29, 0.717) is 62.0 Å². The van der Waals surface area contributed by atoms with Crippen molar-refractivity contribution in [3.63, 3.8) is 0 Å². The number of aromatic hydroxyl groups is 1. The first-order valence-corrected chi connectivity index (χ1v) is 17.6. The third kappa shape index (κ3) is 6.82. The number of phenolic OH excluding ortho intramolecular Hbond substituents is 1. The Kier molecular flexibility index (Phi) is 8.86. The third-order valence-corrected chi connectivity index (χ3v) is 10.4. The Balaban J connectivity index is 1.07. The van der Waals surface area contributed by atoms with Gasteiger partial charge in [0, 0.05) is 44.0 Å². The molecule has 2 aromatic heterocycles. The van der Waals surface area contributed by atoms with Crippen molar-refractivity contribution in [3.05, 3.63) is 111 Å². The Labute approximate surface area is 298 Å². The number of fused-ring (bicyclic) bond motifs is 2. The second-order valence-corrected chi connectivity index (χ2v) is 14.4. The van der Waals surface area contributed by atoms with Crippen LogP contribution in [0.25, 0.3) is 27.8 Å². The van der Waals surface area contributed by atoms with Crippen LogP contribution in [0.4, 0.5) is 8.87 Å². The molecule has 1 radical (unpaired) electrons. The number of pyridine rings is 1. The Morgan fingerprint density at radius 1 is 1.10 bits per heavy atom. The van der Waals surface area contributed by atoms with Crippen molar-refractivity contribution < 1.29 is 19.1 Å². The molecule has 0 amide bonds. The van der Waals surface area contributed by atoms with Gasteiger partial charge in [0.1, 0.15) is 17.3 Å². The largest absolute Gasteiger partial charge is 0.508 e. The first-order valence-electron chi connectivity index (χ1n) is 17.6. The van der Waals surface area contributed by atoms with Gasteiger partial charge in [-0.25, -0.2) is 18.7 Å². The molecule has 14 heteroatoms. The summed E-state index contributed by atoms with van der Waals surface area (Å²) in [6, 6.07) is 13.3. The summed E-state index contributed by atoms with van der Waals surface area (Å²) in [7, 11) is 1.93. The van der Waals surface area contributed by atoms with E-state index in [-0.39, 0.29) is 29.5 Å². The molecule has 4 aromatic rings. The summed E-state index contributed by atoms with van der Waals surface area (Å²) >= 11 is 0. The van der Waals surface area contributed by atoms with Crippen LogP contribution < -0.4 is 21.5 Å². The van der Waals surface area contributed by atoms with Crippen LogP contribution >= 0.6 is 0 Å². The molecule has 2 aliphatic carbocycles. The molecule has 2 aromatic carbocycles. The summed E-state index contributed by atoms with van der Waals surface area (Å²) in [5, 5.41) is 25.0. The number of aliphatic hydroxyl groups is 1. The smallest absolute Gasteiger partial charge is 0.337 e. The van der Waals surface area contributed by atoms with Crippen molar-refractivity contribution in [2.75, 3.05) is 26.8 Å². The third-order valence-electron chi connectivity index (χ3n) is 10.4. The van der Waals surface area contributed by atoms with Gasteiger partial charge in [-0.3, -0.25) is 14.3 Å². The molecule has 8 rings (SSSR count). The van der Waals surface area contributed by atoms with Gasteiger partial charge in [0.2, 0.25) is 6.67 Å². The molecular formula is C38H40F2N8O4+. The van der Waals surface area contributed by atoms with Crippen LogP contribution in [0.5, 0.6) is 5.75 Å². The molecule has 0 atom stereocenters. The maximum absolute atomic E-state index is 14.6. The molecule has 2 saturated carbocycles. The van der Waals surface area contributed by atoms with Crippen LogP contribution in [-0.4, -0.2) is 78.6 Å². The molecule has 0 bridgehead atoms. The highest BCUT2D eigenvalue weighted by atomic mass is 19.2.